The molecule has 1 saturated heterocycles. The minimum atomic E-state index is -0.126. The van der Waals surface area contributed by atoms with E-state index >= 15 is 0 Å². The first-order valence-corrected chi connectivity index (χ1v) is 11.3. The van der Waals surface area contributed by atoms with Crippen molar-refractivity contribution in [2.24, 2.45) is 0 Å². The predicted octanol–water partition coefficient (Wildman–Crippen LogP) is 4.26. The number of thiophene rings is 1. The Hall–Kier alpha value is -1.69. The van der Waals surface area contributed by atoms with E-state index < -0.39 is 0 Å². The van der Waals surface area contributed by atoms with E-state index in [0.29, 0.717) is 6.54 Å². The molecule has 5 heteroatoms. The average molecular weight is 399 g/mol. The highest BCUT2D eigenvalue weighted by Crippen LogP contribution is 2.30. The number of nitrogens with one attached hydrogen (secondary N) is 2. The number of hydrogen-bond donors (Lipinski definition) is 2. The highest BCUT2D eigenvalue weighted by molar-refractivity contribution is 7.10. The maximum absolute atomic E-state index is 13.0. The fourth-order valence-corrected chi connectivity index (χ4v) is 5.57. The summed E-state index contributed by atoms with van der Waals surface area (Å²) in [5, 5.41) is 9.13. The molecule has 0 radical (unpaired) electrons. The van der Waals surface area contributed by atoms with E-state index in [9.17, 15) is 4.79 Å². The molecule has 1 aliphatic carbocycles. The van der Waals surface area contributed by atoms with Crippen molar-refractivity contribution in [2.45, 2.75) is 57.0 Å². The third-order valence-corrected chi connectivity index (χ3v) is 7.25. The van der Waals surface area contributed by atoms with Crippen LogP contribution in [0.25, 0.3) is 0 Å². The first-order valence-electron chi connectivity index (χ1n) is 10.4. The van der Waals surface area contributed by atoms with Crippen LogP contribution in [0.2, 0.25) is 0 Å². The lowest BCUT2D eigenvalue weighted by molar-refractivity contribution is 0.0332. The van der Waals surface area contributed by atoms with Crippen LogP contribution < -0.4 is 10.6 Å². The normalized spacial score (nSPS) is 19.6. The first-order chi connectivity index (χ1) is 13.7. The Labute approximate surface area is 171 Å². The van der Waals surface area contributed by atoms with E-state index in [1.807, 2.05) is 6.07 Å². The SMILES string of the molecule is C[C@@H](NC1(CNC(=O)c2csc3c2CCCC3)CCOCC1)c1ccccc1. The molecule has 1 amide bonds. The van der Waals surface area contributed by atoms with Gasteiger partial charge in [0.05, 0.1) is 5.56 Å². The van der Waals surface area contributed by atoms with Crippen molar-refractivity contribution >= 4 is 17.2 Å². The second-order valence-corrected chi connectivity index (χ2v) is 9.07. The lowest BCUT2D eigenvalue weighted by atomic mass is 9.88. The van der Waals surface area contributed by atoms with Gasteiger partial charge in [-0.25, -0.2) is 0 Å². The first kappa shape index (κ1) is 19.6. The molecule has 2 aliphatic rings. The summed E-state index contributed by atoms with van der Waals surface area (Å²) < 4.78 is 5.61. The highest BCUT2D eigenvalue weighted by atomic mass is 32.1. The molecule has 1 aromatic carbocycles. The Morgan fingerprint density at radius 1 is 1.18 bits per heavy atom. The van der Waals surface area contributed by atoms with Crippen LogP contribution in [0.1, 0.15) is 65.0 Å². The van der Waals surface area contributed by atoms with Crippen LogP contribution in [0.5, 0.6) is 0 Å². The van der Waals surface area contributed by atoms with Gasteiger partial charge in [-0.3, -0.25) is 4.79 Å². The van der Waals surface area contributed by atoms with Gasteiger partial charge in [0.2, 0.25) is 0 Å². The van der Waals surface area contributed by atoms with E-state index in [4.69, 9.17) is 4.74 Å². The number of aryl methyl sites for hydroxylation is 1. The fourth-order valence-electron chi connectivity index (χ4n) is 4.45. The predicted molar refractivity (Wildman–Crippen MR) is 114 cm³/mol. The lowest BCUT2D eigenvalue weighted by Gasteiger charge is -2.40. The number of benzene rings is 1. The zero-order valence-corrected chi connectivity index (χ0v) is 17.4. The summed E-state index contributed by atoms with van der Waals surface area (Å²) >= 11 is 1.75. The van der Waals surface area contributed by atoms with Gasteiger partial charge in [0, 0.05) is 41.6 Å². The molecule has 2 aromatic rings. The van der Waals surface area contributed by atoms with Crippen molar-refractivity contribution in [1.82, 2.24) is 10.6 Å². The molecular weight excluding hydrogens is 368 g/mol. The minimum Gasteiger partial charge on any atom is -0.381 e. The van der Waals surface area contributed by atoms with Crippen molar-refractivity contribution in [1.29, 1.82) is 0 Å². The molecule has 4 nitrogen and oxygen atoms in total. The molecule has 0 bridgehead atoms. The third kappa shape index (κ3) is 4.32. The summed E-state index contributed by atoms with van der Waals surface area (Å²) in [7, 11) is 0. The van der Waals surface area contributed by atoms with Crippen LogP contribution in [-0.4, -0.2) is 31.2 Å². The van der Waals surface area contributed by atoms with Gasteiger partial charge in [0.1, 0.15) is 0 Å². The zero-order chi connectivity index (χ0) is 19.4. The summed E-state index contributed by atoms with van der Waals surface area (Å²) in [6.45, 7) is 4.30. The van der Waals surface area contributed by atoms with Crippen LogP contribution in [-0.2, 0) is 17.6 Å². The van der Waals surface area contributed by atoms with Crippen LogP contribution >= 0.6 is 11.3 Å². The molecule has 2 heterocycles. The molecule has 4 rings (SSSR count). The maximum Gasteiger partial charge on any atom is 0.252 e. The molecule has 0 saturated carbocycles. The van der Waals surface area contributed by atoms with E-state index in [2.05, 4.69) is 47.2 Å². The van der Waals surface area contributed by atoms with E-state index in [1.54, 1.807) is 11.3 Å². The summed E-state index contributed by atoms with van der Waals surface area (Å²) in [4.78, 5) is 14.4. The summed E-state index contributed by atoms with van der Waals surface area (Å²) in [6, 6.07) is 10.7. The highest BCUT2D eigenvalue weighted by Gasteiger charge is 2.34. The van der Waals surface area contributed by atoms with Gasteiger partial charge >= 0.3 is 0 Å². The zero-order valence-electron chi connectivity index (χ0n) is 16.6. The number of carbonyl (C=O) groups is 1. The number of ether oxygens (including phenoxy) is 1. The van der Waals surface area contributed by atoms with Crippen molar-refractivity contribution in [3.63, 3.8) is 0 Å². The number of fused-ring (bicyclic) bond motifs is 1. The van der Waals surface area contributed by atoms with Gasteiger partial charge in [-0.1, -0.05) is 30.3 Å². The summed E-state index contributed by atoms with van der Waals surface area (Å²) in [5.41, 5.74) is 3.34. The number of rotatable bonds is 6. The molecule has 2 N–H and O–H groups in total. The van der Waals surface area contributed by atoms with Gasteiger partial charge in [-0.2, -0.15) is 0 Å². The molecule has 1 atom stereocenters. The molecule has 28 heavy (non-hydrogen) atoms. The second kappa shape index (κ2) is 8.76. The van der Waals surface area contributed by atoms with Crippen molar-refractivity contribution in [3.05, 3.63) is 57.3 Å². The quantitative estimate of drug-likeness (QED) is 0.765. The van der Waals surface area contributed by atoms with Crippen molar-refractivity contribution in [3.8, 4) is 0 Å². The largest absolute Gasteiger partial charge is 0.381 e. The molecule has 0 spiro atoms. The number of amides is 1. The van der Waals surface area contributed by atoms with Crippen molar-refractivity contribution in [2.75, 3.05) is 19.8 Å². The van der Waals surface area contributed by atoms with Gasteiger partial charge in [0.25, 0.3) is 5.91 Å². The lowest BCUT2D eigenvalue weighted by Crippen LogP contribution is -2.57. The Morgan fingerprint density at radius 3 is 2.71 bits per heavy atom. The molecular formula is C23H30N2O2S. The van der Waals surface area contributed by atoms with Crippen LogP contribution in [0, 0.1) is 0 Å². The molecule has 0 unspecified atom stereocenters. The molecule has 150 valence electrons. The molecule has 1 aromatic heterocycles. The standard InChI is InChI=1S/C23H30N2O2S/c1-17(18-7-3-2-4-8-18)25-23(11-13-27-14-12-23)16-24-22(26)20-15-28-21-10-6-5-9-19(20)21/h2-4,7-8,15,17,25H,5-6,9-14,16H2,1H3,(H,24,26)/t17-/m1/s1. The van der Waals surface area contributed by atoms with Gasteiger partial charge < -0.3 is 15.4 Å². The smallest absolute Gasteiger partial charge is 0.252 e. The van der Waals surface area contributed by atoms with Crippen molar-refractivity contribution < 1.29 is 9.53 Å². The maximum atomic E-state index is 13.0. The van der Waals surface area contributed by atoms with Gasteiger partial charge in [-0.15, -0.1) is 11.3 Å². The summed E-state index contributed by atoms with van der Waals surface area (Å²) in [6.07, 6.45) is 6.44. The molecule has 1 fully saturated rings. The average Bonchev–Trinajstić information content (AvgIpc) is 3.18. The Kier molecular flexibility index (Phi) is 6.14. The van der Waals surface area contributed by atoms with E-state index in [1.165, 1.54) is 28.8 Å². The fraction of sp³-hybridized carbons (Fsp3) is 0.522. The number of carbonyl (C=O) groups excluding carboxylic acids is 1. The second-order valence-electron chi connectivity index (χ2n) is 8.11. The van der Waals surface area contributed by atoms with E-state index in [0.717, 1.165) is 44.5 Å². The number of hydrogen-bond acceptors (Lipinski definition) is 4. The van der Waals surface area contributed by atoms with E-state index in [-0.39, 0.29) is 17.5 Å². The Balaban J connectivity index is 1.44. The van der Waals surface area contributed by atoms with Gasteiger partial charge in [0.15, 0.2) is 0 Å². The molecule has 1 aliphatic heterocycles. The van der Waals surface area contributed by atoms with Crippen LogP contribution in [0.15, 0.2) is 35.7 Å². The van der Waals surface area contributed by atoms with Crippen LogP contribution in [0.3, 0.4) is 0 Å². The Bertz CT molecular complexity index is 796. The van der Waals surface area contributed by atoms with Crippen LogP contribution in [0.4, 0.5) is 0 Å². The topological polar surface area (TPSA) is 50.4 Å². The minimum absolute atomic E-state index is 0.0828. The Morgan fingerprint density at radius 2 is 1.93 bits per heavy atom. The van der Waals surface area contributed by atoms with Gasteiger partial charge in [-0.05, 0) is 56.6 Å². The monoisotopic (exact) mass is 398 g/mol. The summed E-state index contributed by atoms with van der Waals surface area (Å²) in [5.74, 6) is 0.0828. The third-order valence-electron chi connectivity index (χ3n) is 6.17.